The van der Waals surface area contributed by atoms with Crippen LogP contribution in [0.25, 0.3) is 0 Å². The van der Waals surface area contributed by atoms with Crippen LogP contribution in [0.4, 0.5) is 8.78 Å². The molecule has 0 unspecified atom stereocenters. The van der Waals surface area contributed by atoms with Gasteiger partial charge in [-0.3, -0.25) is 0 Å². The third kappa shape index (κ3) is 3.01. The maximum atomic E-state index is 15.1. The average molecular weight is 531 g/mol. The fraction of sp³-hybridized carbons (Fsp3) is 0.261. The predicted octanol–water partition coefficient (Wildman–Crippen LogP) is 0.610. The van der Waals surface area contributed by atoms with E-state index in [0.29, 0.717) is 23.2 Å². The van der Waals surface area contributed by atoms with Crippen molar-refractivity contribution < 1.29 is 23.4 Å². The summed E-state index contributed by atoms with van der Waals surface area (Å²) in [6.07, 6.45) is 2.43. The van der Waals surface area contributed by atoms with Crippen molar-refractivity contribution >= 4 is 25.3 Å². The summed E-state index contributed by atoms with van der Waals surface area (Å²) >= 11 is -0.218. The SMILES string of the molecule is O=C1c2c(O)c(=O)ccn2N([C@H]2c3ccc(F)c(F)c3C[Se]c3cccnc32)[C@@H]2COCCN12. The Morgan fingerprint density at radius 2 is 2.03 bits per heavy atom. The standard InChI is InChI=1S/C23H18F2N4O4Se/c24-14-4-3-12-13(18(14)25)11-34-16-2-1-6-26-19(16)20(12)29-17-10-33-9-8-27(17)23(32)21-22(31)15(30)5-7-28(21)29/h1-7,17,20,31H,8-11H2/t17-,20+/m1/s1. The van der Waals surface area contributed by atoms with Crippen LogP contribution in [-0.2, 0) is 10.1 Å². The molecule has 0 radical (unpaired) electrons. The third-order valence-corrected chi connectivity index (χ3v) is 8.68. The van der Waals surface area contributed by atoms with Crippen molar-refractivity contribution in [2.24, 2.45) is 0 Å². The molecule has 174 valence electrons. The van der Waals surface area contributed by atoms with Crippen molar-refractivity contribution in [3.63, 3.8) is 0 Å². The summed E-state index contributed by atoms with van der Waals surface area (Å²) in [6, 6.07) is 6.81. The Hall–Kier alpha value is -3.27. The minimum atomic E-state index is -0.926. The Balaban J connectivity index is 1.67. The van der Waals surface area contributed by atoms with Crippen LogP contribution in [0, 0.1) is 11.6 Å². The molecule has 1 fully saturated rings. The number of amides is 1. The van der Waals surface area contributed by atoms with Gasteiger partial charge in [-0.15, -0.1) is 0 Å². The first-order valence-corrected chi connectivity index (χ1v) is 12.7. The van der Waals surface area contributed by atoms with E-state index in [9.17, 15) is 19.1 Å². The second kappa shape index (κ2) is 7.90. The fourth-order valence-electron chi connectivity index (χ4n) is 4.84. The van der Waals surface area contributed by atoms with Gasteiger partial charge in [0.05, 0.1) is 0 Å². The number of hydrogen-bond donors (Lipinski definition) is 1. The molecule has 8 nitrogen and oxygen atoms in total. The molecule has 5 heterocycles. The van der Waals surface area contributed by atoms with E-state index in [1.54, 1.807) is 23.3 Å². The van der Waals surface area contributed by atoms with Crippen LogP contribution in [0.1, 0.15) is 33.4 Å². The molecule has 0 spiro atoms. The number of aromatic hydroxyl groups is 1. The van der Waals surface area contributed by atoms with E-state index in [4.69, 9.17) is 4.74 Å². The number of halogens is 2. The van der Waals surface area contributed by atoms with Gasteiger partial charge in [-0.05, 0) is 0 Å². The molecule has 3 aromatic rings. The van der Waals surface area contributed by atoms with Gasteiger partial charge >= 0.3 is 198 Å². The number of carbonyl (C=O) groups is 1. The summed E-state index contributed by atoms with van der Waals surface area (Å²) in [6.45, 7) is 0.701. The van der Waals surface area contributed by atoms with Crippen molar-refractivity contribution in [2.75, 3.05) is 24.8 Å². The van der Waals surface area contributed by atoms with Gasteiger partial charge in [0.25, 0.3) is 0 Å². The van der Waals surface area contributed by atoms with Gasteiger partial charge in [0.2, 0.25) is 0 Å². The topological polar surface area (TPSA) is 87.9 Å². The number of pyridine rings is 2. The summed E-state index contributed by atoms with van der Waals surface area (Å²) in [7, 11) is 0. The summed E-state index contributed by atoms with van der Waals surface area (Å²) in [5, 5.41) is 12.7. The van der Waals surface area contributed by atoms with E-state index in [0.717, 1.165) is 10.5 Å². The van der Waals surface area contributed by atoms with E-state index < -0.39 is 40.9 Å². The van der Waals surface area contributed by atoms with Gasteiger partial charge in [0.15, 0.2) is 0 Å². The molecule has 0 aliphatic carbocycles. The number of fused-ring (bicyclic) bond motifs is 4. The Bertz CT molecular complexity index is 1400. The Labute approximate surface area is 198 Å². The Morgan fingerprint density at radius 1 is 1.18 bits per heavy atom. The number of hydrogen-bond acceptors (Lipinski definition) is 6. The number of rotatable bonds is 1. The average Bonchev–Trinajstić information content (AvgIpc) is 3.01. The van der Waals surface area contributed by atoms with Crippen LogP contribution in [-0.4, -0.2) is 66.5 Å². The van der Waals surface area contributed by atoms with E-state index >= 15 is 4.39 Å². The molecule has 1 N–H and O–H groups in total. The molecule has 2 atom stereocenters. The summed E-state index contributed by atoms with van der Waals surface area (Å²) < 4.78 is 37.4. The molecular weight excluding hydrogens is 513 g/mol. The van der Waals surface area contributed by atoms with Gasteiger partial charge < -0.3 is 0 Å². The van der Waals surface area contributed by atoms with E-state index in [-0.39, 0.29) is 39.4 Å². The van der Waals surface area contributed by atoms with Crippen LogP contribution in [0.2, 0.25) is 0 Å². The Kier molecular flexibility index (Phi) is 4.94. The first-order valence-electron chi connectivity index (χ1n) is 10.6. The van der Waals surface area contributed by atoms with E-state index in [1.807, 2.05) is 6.07 Å². The van der Waals surface area contributed by atoms with E-state index in [2.05, 4.69) is 4.98 Å². The normalized spacial score (nSPS) is 21.3. The molecule has 1 saturated heterocycles. The van der Waals surface area contributed by atoms with Gasteiger partial charge in [0, 0.05) is 0 Å². The third-order valence-electron chi connectivity index (χ3n) is 6.40. The molecule has 11 heteroatoms. The second-order valence-electron chi connectivity index (χ2n) is 8.16. The van der Waals surface area contributed by atoms with Crippen molar-refractivity contribution in [1.29, 1.82) is 0 Å². The number of morpholine rings is 1. The molecule has 1 amide bonds. The zero-order valence-corrected chi connectivity index (χ0v) is 19.4. The van der Waals surface area contributed by atoms with Gasteiger partial charge in [-0.25, -0.2) is 0 Å². The van der Waals surface area contributed by atoms with Crippen molar-refractivity contribution in [3.8, 4) is 5.75 Å². The van der Waals surface area contributed by atoms with Crippen LogP contribution < -0.4 is 14.9 Å². The molecule has 0 bridgehead atoms. The Morgan fingerprint density at radius 3 is 2.88 bits per heavy atom. The van der Waals surface area contributed by atoms with Crippen molar-refractivity contribution in [1.82, 2.24) is 14.6 Å². The molecule has 3 aliphatic heterocycles. The molecular formula is C23H18F2N4O4Se. The van der Waals surface area contributed by atoms with Crippen LogP contribution in [0.3, 0.4) is 0 Å². The van der Waals surface area contributed by atoms with Crippen molar-refractivity contribution in [2.45, 2.75) is 17.5 Å². The first kappa shape index (κ1) is 21.3. The van der Waals surface area contributed by atoms with Gasteiger partial charge in [0.1, 0.15) is 0 Å². The summed E-state index contributed by atoms with van der Waals surface area (Å²) in [4.78, 5) is 31.7. The zero-order chi connectivity index (χ0) is 23.6. The van der Waals surface area contributed by atoms with Crippen LogP contribution >= 0.6 is 0 Å². The summed E-state index contributed by atoms with van der Waals surface area (Å²) in [5.41, 5.74) is 0.568. The monoisotopic (exact) mass is 532 g/mol. The molecule has 6 rings (SSSR count). The quantitative estimate of drug-likeness (QED) is 0.464. The van der Waals surface area contributed by atoms with Gasteiger partial charge in [-0.2, -0.15) is 0 Å². The predicted molar refractivity (Wildman–Crippen MR) is 118 cm³/mol. The molecule has 0 saturated carbocycles. The number of benzene rings is 1. The number of carbonyl (C=O) groups excluding carboxylic acids is 1. The zero-order valence-electron chi connectivity index (χ0n) is 17.6. The van der Waals surface area contributed by atoms with Gasteiger partial charge in [-0.1, -0.05) is 0 Å². The molecule has 3 aliphatic rings. The number of nitrogens with zero attached hydrogens (tertiary/aromatic N) is 4. The van der Waals surface area contributed by atoms with Crippen molar-refractivity contribution in [3.05, 3.63) is 87.1 Å². The molecule has 34 heavy (non-hydrogen) atoms. The second-order valence-corrected chi connectivity index (χ2v) is 10.3. The molecule has 2 aromatic heterocycles. The number of ether oxygens (including phenoxy) is 1. The fourth-order valence-corrected chi connectivity index (χ4v) is 7.10. The maximum absolute atomic E-state index is 15.1. The molecule has 1 aromatic carbocycles. The first-order chi connectivity index (χ1) is 16.5. The number of aromatic nitrogens is 2. The summed E-state index contributed by atoms with van der Waals surface area (Å²) in [5.74, 6) is -2.98. The van der Waals surface area contributed by atoms with Crippen LogP contribution in [0.15, 0.2) is 47.5 Å². The minimum absolute atomic E-state index is 0.154. The van der Waals surface area contributed by atoms with E-state index in [1.165, 1.54) is 21.8 Å². The van der Waals surface area contributed by atoms with Crippen LogP contribution in [0.5, 0.6) is 5.75 Å².